The molecule has 0 atom stereocenters. The number of pyridine rings is 1. The Morgan fingerprint density at radius 3 is 2.92 bits per heavy atom. The van der Waals surface area contributed by atoms with Crippen molar-refractivity contribution in [3.05, 3.63) is 76.9 Å². The number of rotatable bonds is 4. The normalized spacial score (nSPS) is 11.0. The van der Waals surface area contributed by atoms with Crippen LogP contribution in [0.3, 0.4) is 0 Å². The summed E-state index contributed by atoms with van der Waals surface area (Å²) in [5.41, 5.74) is 0.974. The molecule has 0 aliphatic carbocycles. The van der Waals surface area contributed by atoms with Gasteiger partial charge in [-0.25, -0.2) is 9.78 Å². The van der Waals surface area contributed by atoms with E-state index in [0.29, 0.717) is 28.2 Å². The summed E-state index contributed by atoms with van der Waals surface area (Å²) < 4.78 is 17.3. The molecule has 0 aliphatic rings. The smallest absolute Gasteiger partial charge is 0.341 e. The van der Waals surface area contributed by atoms with Gasteiger partial charge in [-0.2, -0.15) is 0 Å². The summed E-state index contributed by atoms with van der Waals surface area (Å²) in [7, 11) is 1.32. The van der Waals surface area contributed by atoms with E-state index in [1.165, 1.54) is 24.3 Å². The third-order valence-electron chi connectivity index (χ3n) is 4.04. The number of esters is 1. The van der Waals surface area contributed by atoms with Crippen molar-refractivity contribution in [2.24, 2.45) is 0 Å². The second-order valence-electron chi connectivity index (χ2n) is 5.65. The zero-order valence-electron chi connectivity index (χ0n) is 13.8. The summed E-state index contributed by atoms with van der Waals surface area (Å²) in [4.78, 5) is 28.4. The van der Waals surface area contributed by atoms with E-state index in [0.717, 1.165) is 5.39 Å². The Morgan fingerprint density at radius 2 is 2.15 bits per heavy atom. The Bertz CT molecular complexity index is 1140. The predicted octanol–water partition coefficient (Wildman–Crippen LogP) is 3.08. The van der Waals surface area contributed by atoms with Crippen molar-refractivity contribution >= 4 is 16.9 Å². The highest BCUT2D eigenvalue weighted by Crippen LogP contribution is 2.24. The second kappa shape index (κ2) is 6.36. The third kappa shape index (κ3) is 2.69. The first kappa shape index (κ1) is 15.9. The van der Waals surface area contributed by atoms with Crippen LogP contribution in [0.5, 0.6) is 0 Å². The van der Waals surface area contributed by atoms with Gasteiger partial charge in [0, 0.05) is 11.6 Å². The van der Waals surface area contributed by atoms with E-state index in [1.54, 1.807) is 36.5 Å². The SMILES string of the molecule is COC(=O)c1cccc2cc(Cn3cccc(-c4cnco4)c3=O)oc12. The molecule has 0 radical (unpaired) electrons. The fraction of sp³-hybridized carbons (Fsp3) is 0.105. The van der Waals surface area contributed by atoms with Gasteiger partial charge in [0.1, 0.15) is 16.9 Å². The van der Waals surface area contributed by atoms with Crippen molar-refractivity contribution in [1.29, 1.82) is 0 Å². The van der Waals surface area contributed by atoms with Crippen LogP contribution < -0.4 is 5.56 Å². The summed E-state index contributed by atoms with van der Waals surface area (Å²) in [5.74, 6) is 0.482. The molecule has 4 rings (SSSR count). The average Bonchev–Trinajstić information content (AvgIpc) is 3.31. The molecule has 26 heavy (non-hydrogen) atoms. The molecule has 0 saturated carbocycles. The Hall–Kier alpha value is -3.61. The minimum Gasteiger partial charge on any atom is -0.465 e. The lowest BCUT2D eigenvalue weighted by Crippen LogP contribution is -2.21. The van der Waals surface area contributed by atoms with E-state index in [4.69, 9.17) is 13.6 Å². The van der Waals surface area contributed by atoms with Crippen LogP contribution in [0.15, 0.2) is 68.8 Å². The van der Waals surface area contributed by atoms with E-state index in [9.17, 15) is 9.59 Å². The van der Waals surface area contributed by atoms with Gasteiger partial charge in [-0.05, 0) is 24.3 Å². The Labute approximate surface area is 147 Å². The molecule has 0 spiro atoms. The van der Waals surface area contributed by atoms with Crippen molar-refractivity contribution in [2.75, 3.05) is 7.11 Å². The highest BCUT2D eigenvalue weighted by Gasteiger charge is 2.16. The maximum Gasteiger partial charge on any atom is 0.341 e. The first-order chi connectivity index (χ1) is 12.7. The zero-order chi connectivity index (χ0) is 18.1. The lowest BCUT2D eigenvalue weighted by Gasteiger charge is -2.05. The van der Waals surface area contributed by atoms with Gasteiger partial charge < -0.3 is 18.1 Å². The summed E-state index contributed by atoms with van der Waals surface area (Å²) in [6.45, 7) is 0.218. The van der Waals surface area contributed by atoms with Gasteiger partial charge in [0.15, 0.2) is 12.2 Å². The third-order valence-corrected chi connectivity index (χ3v) is 4.04. The van der Waals surface area contributed by atoms with Crippen molar-refractivity contribution in [3.63, 3.8) is 0 Å². The number of nitrogens with zero attached hydrogens (tertiary/aromatic N) is 2. The second-order valence-corrected chi connectivity index (χ2v) is 5.65. The molecular formula is C19H14N2O5. The molecule has 7 heteroatoms. The van der Waals surface area contributed by atoms with Gasteiger partial charge in [0.25, 0.3) is 5.56 Å². The van der Waals surface area contributed by atoms with Gasteiger partial charge in [-0.3, -0.25) is 4.79 Å². The number of aromatic nitrogens is 2. The number of benzene rings is 1. The van der Waals surface area contributed by atoms with Crippen molar-refractivity contribution < 1.29 is 18.4 Å². The largest absolute Gasteiger partial charge is 0.465 e. The van der Waals surface area contributed by atoms with E-state index < -0.39 is 5.97 Å². The summed E-state index contributed by atoms with van der Waals surface area (Å²) in [6.07, 6.45) is 4.43. The quantitative estimate of drug-likeness (QED) is 0.526. The van der Waals surface area contributed by atoms with Gasteiger partial charge in [-0.1, -0.05) is 12.1 Å². The summed E-state index contributed by atoms with van der Waals surface area (Å²) in [6, 6.07) is 10.5. The molecule has 0 fully saturated rings. The molecular weight excluding hydrogens is 336 g/mol. The number of furan rings is 1. The number of ether oxygens (including phenoxy) is 1. The number of hydrogen-bond donors (Lipinski definition) is 0. The number of fused-ring (bicyclic) bond motifs is 1. The van der Waals surface area contributed by atoms with Gasteiger partial charge in [0.05, 0.1) is 25.4 Å². The molecule has 7 nitrogen and oxygen atoms in total. The minimum atomic E-state index is -0.471. The molecule has 3 aromatic heterocycles. The lowest BCUT2D eigenvalue weighted by atomic mass is 10.1. The molecule has 4 aromatic rings. The average molecular weight is 350 g/mol. The van der Waals surface area contributed by atoms with E-state index in [2.05, 4.69) is 4.98 Å². The summed E-state index contributed by atoms with van der Waals surface area (Å²) in [5, 5.41) is 0.766. The van der Waals surface area contributed by atoms with Crippen LogP contribution in [0.2, 0.25) is 0 Å². The fourth-order valence-electron chi connectivity index (χ4n) is 2.83. The lowest BCUT2D eigenvalue weighted by molar-refractivity contribution is 0.0601. The molecule has 0 saturated heterocycles. The number of oxazole rings is 1. The van der Waals surface area contributed by atoms with E-state index >= 15 is 0 Å². The van der Waals surface area contributed by atoms with Crippen LogP contribution in [0.25, 0.3) is 22.3 Å². The Kier molecular flexibility index (Phi) is 3.89. The highest BCUT2D eigenvalue weighted by molar-refractivity contribution is 6.02. The Balaban J connectivity index is 1.74. The first-order valence-corrected chi connectivity index (χ1v) is 7.85. The predicted molar refractivity (Wildman–Crippen MR) is 92.9 cm³/mol. The van der Waals surface area contributed by atoms with Crippen LogP contribution in [0.1, 0.15) is 16.1 Å². The van der Waals surface area contributed by atoms with Crippen LogP contribution in [-0.4, -0.2) is 22.6 Å². The van der Waals surface area contributed by atoms with E-state index in [1.807, 2.05) is 6.07 Å². The molecule has 130 valence electrons. The van der Waals surface area contributed by atoms with Gasteiger partial charge >= 0.3 is 5.97 Å². The molecule has 0 N–H and O–H groups in total. The molecule has 0 amide bonds. The first-order valence-electron chi connectivity index (χ1n) is 7.85. The van der Waals surface area contributed by atoms with Crippen LogP contribution in [0.4, 0.5) is 0 Å². The van der Waals surface area contributed by atoms with Gasteiger partial charge in [0.2, 0.25) is 0 Å². The monoisotopic (exact) mass is 350 g/mol. The number of carbonyl (C=O) groups is 1. The molecule has 0 aliphatic heterocycles. The molecule has 0 unspecified atom stereocenters. The highest BCUT2D eigenvalue weighted by atomic mass is 16.5. The Morgan fingerprint density at radius 1 is 1.27 bits per heavy atom. The maximum absolute atomic E-state index is 12.7. The fourth-order valence-corrected chi connectivity index (χ4v) is 2.83. The minimum absolute atomic E-state index is 0.218. The molecule has 1 aromatic carbocycles. The van der Waals surface area contributed by atoms with Crippen LogP contribution in [0, 0.1) is 0 Å². The summed E-state index contributed by atoms with van der Waals surface area (Å²) >= 11 is 0. The van der Waals surface area contributed by atoms with Crippen LogP contribution in [-0.2, 0) is 11.3 Å². The number of para-hydroxylation sites is 1. The maximum atomic E-state index is 12.7. The zero-order valence-corrected chi connectivity index (χ0v) is 13.8. The topological polar surface area (TPSA) is 87.5 Å². The molecule has 0 bridgehead atoms. The van der Waals surface area contributed by atoms with Crippen molar-refractivity contribution in [3.8, 4) is 11.3 Å². The van der Waals surface area contributed by atoms with Crippen molar-refractivity contribution in [2.45, 2.75) is 6.54 Å². The van der Waals surface area contributed by atoms with Gasteiger partial charge in [-0.15, -0.1) is 0 Å². The standard InChI is InChI=1S/C19H14N2O5/c1-24-19(23)15-5-2-4-12-8-13(26-17(12)15)10-21-7-3-6-14(18(21)22)16-9-20-11-25-16/h2-9,11H,10H2,1H3. The number of hydrogen-bond acceptors (Lipinski definition) is 6. The number of methoxy groups -OCH3 is 1. The molecule has 3 heterocycles. The van der Waals surface area contributed by atoms with E-state index in [-0.39, 0.29) is 12.1 Å². The van der Waals surface area contributed by atoms with Crippen LogP contribution >= 0.6 is 0 Å². The van der Waals surface area contributed by atoms with Crippen molar-refractivity contribution in [1.82, 2.24) is 9.55 Å². The number of carbonyl (C=O) groups excluding carboxylic acids is 1.